The Kier molecular flexibility index (Phi) is 5.50. The van der Waals surface area contributed by atoms with E-state index in [1.165, 1.54) is 90.3 Å². The third-order valence-electron chi connectivity index (χ3n) is 7.28. The summed E-state index contributed by atoms with van der Waals surface area (Å²) in [6.45, 7) is 8.56. The van der Waals surface area contributed by atoms with E-state index in [2.05, 4.69) is 24.5 Å². The normalized spacial score (nSPS) is 31.6. The Labute approximate surface area is 138 Å². The first-order chi connectivity index (χ1) is 10.7. The van der Waals surface area contributed by atoms with E-state index in [4.69, 9.17) is 0 Å². The van der Waals surface area contributed by atoms with Crippen LogP contribution in [0.5, 0.6) is 0 Å². The van der Waals surface area contributed by atoms with Gasteiger partial charge in [-0.1, -0.05) is 26.7 Å². The molecule has 3 aliphatic rings. The van der Waals surface area contributed by atoms with Crippen molar-refractivity contribution in [3.8, 4) is 0 Å². The van der Waals surface area contributed by atoms with Gasteiger partial charge >= 0.3 is 0 Å². The molecule has 2 heteroatoms. The van der Waals surface area contributed by atoms with Crippen LogP contribution in [0.2, 0.25) is 0 Å². The summed E-state index contributed by atoms with van der Waals surface area (Å²) in [7, 11) is 0. The standard InChI is InChI=1S/C20H38N2/c1-3-7-19(8-4-2)9-11-20(12-10-19)15-18(22-16-20)17-5-13-21-14-6-17/h17-18,21-22H,3-16H2,1-2H3. The second kappa shape index (κ2) is 7.21. The zero-order valence-corrected chi connectivity index (χ0v) is 15.1. The Balaban J connectivity index is 1.56. The van der Waals surface area contributed by atoms with E-state index in [1.807, 2.05) is 0 Å². The van der Waals surface area contributed by atoms with Crippen LogP contribution in [-0.4, -0.2) is 25.7 Å². The minimum absolute atomic E-state index is 0.667. The molecule has 2 heterocycles. The van der Waals surface area contributed by atoms with Gasteiger partial charge in [0.05, 0.1) is 0 Å². The average Bonchev–Trinajstić information content (AvgIpc) is 2.97. The Hall–Kier alpha value is -0.0800. The van der Waals surface area contributed by atoms with Gasteiger partial charge in [0.25, 0.3) is 0 Å². The van der Waals surface area contributed by atoms with Crippen molar-refractivity contribution in [3.63, 3.8) is 0 Å². The summed E-state index contributed by atoms with van der Waals surface area (Å²) < 4.78 is 0. The Bertz CT molecular complexity index is 330. The van der Waals surface area contributed by atoms with E-state index in [1.54, 1.807) is 0 Å². The van der Waals surface area contributed by atoms with Crippen molar-refractivity contribution in [2.45, 2.75) is 90.5 Å². The van der Waals surface area contributed by atoms with Crippen molar-refractivity contribution in [1.29, 1.82) is 0 Å². The summed E-state index contributed by atoms with van der Waals surface area (Å²) in [5.41, 5.74) is 1.38. The molecule has 1 saturated carbocycles. The van der Waals surface area contributed by atoms with Gasteiger partial charge in [-0.15, -0.1) is 0 Å². The van der Waals surface area contributed by atoms with Gasteiger partial charge in [0.15, 0.2) is 0 Å². The number of nitrogens with one attached hydrogen (secondary N) is 2. The maximum Gasteiger partial charge on any atom is 0.0102 e. The Morgan fingerprint density at radius 2 is 1.55 bits per heavy atom. The predicted octanol–water partition coefficient (Wildman–Crippen LogP) is 4.49. The second-order valence-electron chi connectivity index (χ2n) is 8.78. The summed E-state index contributed by atoms with van der Waals surface area (Å²) in [5, 5.41) is 7.47. The first-order valence-electron chi connectivity index (χ1n) is 10.2. The van der Waals surface area contributed by atoms with E-state index < -0.39 is 0 Å². The van der Waals surface area contributed by atoms with Gasteiger partial charge in [-0.25, -0.2) is 0 Å². The van der Waals surface area contributed by atoms with Crippen LogP contribution in [0.3, 0.4) is 0 Å². The maximum atomic E-state index is 3.95. The minimum Gasteiger partial charge on any atom is -0.317 e. The molecule has 0 radical (unpaired) electrons. The van der Waals surface area contributed by atoms with Gasteiger partial charge in [0, 0.05) is 12.6 Å². The first-order valence-corrected chi connectivity index (χ1v) is 10.2. The van der Waals surface area contributed by atoms with Gasteiger partial charge < -0.3 is 10.6 Å². The highest BCUT2D eigenvalue weighted by Crippen LogP contribution is 2.53. The lowest BCUT2D eigenvalue weighted by Crippen LogP contribution is -2.38. The molecule has 2 N–H and O–H groups in total. The third kappa shape index (κ3) is 3.53. The van der Waals surface area contributed by atoms with Crippen LogP contribution in [0, 0.1) is 16.7 Å². The largest absolute Gasteiger partial charge is 0.317 e. The molecular weight excluding hydrogens is 268 g/mol. The molecule has 2 nitrogen and oxygen atoms in total. The summed E-state index contributed by atoms with van der Waals surface area (Å²) in [6.07, 6.45) is 16.0. The van der Waals surface area contributed by atoms with Crippen molar-refractivity contribution < 1.29 is 0 Å². The monoisotopic (exact) mass is 306 g/mol. The van der Waals surface area contributed by atoms with Crippen LogP contribution in [0.25, 0.3) is 0 Å². The van der Waals surface area contributed by atoms with Crippen molar-refractivity contribution >= 4 is 0 Å². The van der Waals surface area contributed by atoms with E-state index in [0.717, 1.165) is 12.0 Å². The molecule has 3 fully saturated rings. The van der Waals surface area contributed by atoms with Crippen LogP contribution in [0.15, 0.2) is 0 Å². The van der Waals surface area contributed by atoms with Crippen LogP contribution in [-0.2, 0) is 0 Å². The van der Waals surface area contributed by atoms with Crippen molar-refractivity contribution in [2.75, 3.05) is 19.6 Å². The van der Waals surface area contributed by atoms with Gasteiger partial charge in [0.2, 0.25) is 0 Å². The highest BCUT2D eigenvalue weighted by atomic mass is 15.0. The van der Waals surface area contributed by atoms with E-state index >= 15 is 0 Å². The predicted molar refractivity (Wildman–Crippen MR) is 95.2 cm³/mol. The lowest BCUT2D eigenvalue weighted by Gasteiger charge is -2.45. The molecule has 0 bridgehead atoms. The molecule has 128 valence electrons. The van der Waals surface area contributed by atoms with Crippen LogP contribution >= 0.6 is 0 Å². The Morgan fingerprint density at radius 3 is 2.14 bits per heavy atom. The van der Waals surface area contributed by atoms with E-state index in [9.17, 15) is 0 Å². The highest BCUT2D eigenvalue weighted by Gasteiger charge is 2.46. The average molecular weight is 307 g/mol. The molecule has 1 spiro atoms. The molecule has 1 unspecified atom stereocenters. The zero-order chi connectivity index (χ0) is 15.5. The summed E-state index contributed by atoms with van der Waals surface area (Å²) in [5.74, 6) is 0.943. The second-order valence-corrected chi connectivity index (χ2v) is 8.78. The van der Waals surface area contributed by atoms with Crippen molar-refractivity contribution in [2.24, 2.45) is 16.7 Å². The summed E-state index contributed by atoms with van der Waals surface area (Å²) in [4.78, 5) is 0. The molecule has 2 aliphatic heterocycles. The fourth-order valence-corrected chi connectivity index (χ4v) is 5.92. The number of hydrogen-bond acceptors (Lipinski definition) is 2. The van der Waals surface area contributed by atoms with Crippen LogP contribution in [0.4, 0.5) is 0 Å². The molecular formula is C20H38N2. The summed E-state index contributed by atoms with van der Waals surface area (Å²) >= 11 is 0. The fraction of sp³-hybridized carbons (Fsp3) is 1.00. The Morgan fingerprint density at radius 1 is 0.909 bits per heavy atom. The molecule has 0 aromatic rings. The molecule has 3 rings (SSSR count). The SMILES string of the molecule is CCCC1(CCC)CCC2(CC1)CNC(C1CCNCC1)C2. The maximum absolute atomic E-state index is 3.95. The lowest BCUT2D eigenvalue weighted by molar-refractivity contribution is 0.0688. The zero-order valence-electron chi connectivity index (χ0n) is 15.1. The van der Waals surface area contributed by atoms with Gasteiger partial charge in [-0.05, 0) is 87.6 Å². The summed E-state index contributed by atoms with van der Waals surface area (Å²) in [6, 6.07) is 0.826. The smallest absolute Gasteiger partial charge is 0.0102 e. The number of rotatable bonds is 5. The highest BCUT2D eigenvalue weighted by molar-refractivity contribution is 5.01. The molecule has 0 amide bonds. The van der Waals surface area contributed by atoms with Gasteiger partial charge in [0.1, 0.15) is 0 Å². The minimum atomic E-state index is 0.667. The molecule has 0 aromatic heterocycles. The molecule has 1 aliphatic carbocycles. The van der Waals surface area contributed by atoms with Crippen molar-refractivity contribution in [3.05, 3.63) is 0 Å². The van der Waals surface area contributed by atoms with Crippen LogP contribution < -0.4 is 10.6 Å². The number of piperidine rings is 1. The molecule has 22 heavy (non-hydrogen) atoms. The van der Waals surface area contributed by atoms with Crippen molar-refractivity contribution in [1.82, 2.24) is 10.6 Å². The lowest BCUT2D eigenvalue weighted by atomic mass is 9.60. The third-order valence-corrected chi connectivity index (χ3v) is 7.28. The van der Waals surface area contributed by atoms with Gasteiger partial charge in [-0.3, -0.25) is 0 Å². The van der Waals surface area contributed by atoms with Crippen LogP contribution in [0.1, 0.15) is 84.5 Å². The first kappa shape index (κ1) is 16.8. The quantitative estimate of drug-likeness (QED) is 0.781. The molecule has 0 aromatic carbocycles. The van der Waals surface area contributed by atoms with E-state index in [0.29, 0.717) is 10.8 Å². The fourth-order valence-electron chi connectivity index (χ4n) is 5.92. The number of hydrogen-bond donors (Lipinski definition) is 2. The molecule has 1 atom stereocenters. The topological polar surface area (TPSA) is 24.1 Å². The van der Waals surface area contributed by atoms with E-state index in [-0.39, 0.29) is 0 Å². The van der Waals surface area contributed by atoms with Gasteiger partial charge in [-0.2, -0.15) is 0 Å². The molecule has 2 saturated heterocycles.